The predicted octanol–water partition coefficient (Wildman–Crippen LogP) is 18.1. The molecule has 1 unspecified atom stereocenters. The molecule has 0 aliphatic rings. The van der Waals surface area contributed by atoms with Crippen molar-refractivity contribution in [2.24, 2.45) is 0 Å². The van der Waals surface area contributed by atoms with Crippen molar-refractivity contribution >= 4 is 17.9 Å². The van der Waals surface area contributed by atoms with Crippen molar-refractivity contribution in [3.8, 4) is 0 Å². The Morgan fingerprint density at radius 2 is 0.597 bits per heavy atom. The van der Waals surface area contributed by atoms with Crippen LogP contribution in [0.1, 0.15) is 226 Å². The Morgan fingerprint density at radius 3 is 0.970 bits per heavy atom. The van der Waals surface area contributed by atoms with Gasteiger partial charge < -0.3 is 14.2 Å². The van der Waals surface area contributed by atoms with E-state index in [1.165, 1.54) is 57.8 Å². The Kier molecular flexibility index (Phi) is 51.0. The van der Waals surface area contributed by atoms with E-state index < -0.39 is 6.10 Å². The van der Waals surface area contributed by atoms with Crippen LogP contribution in [0.2, 0.25) is 0 Å². The third kappa shape index (κ3) is 52.6. The lowest BCUT2D eigenvalue weighted by Gasteiger charge is -2.18. The summed E-state index contributed by atoms with van der Waals surface area (Å²) in [7, 11) is 0. The molecule has 378 valence electrons. The highest BCUT2D eigenvalue weighted by molar-refractivity contribution is 5.71. The zero-order valence-corrected chi connectivity index (χ0v) is 43.1. The highest BCUT2D eigenvalue weighted by atomic mass is 16.6. The molecule has 67 heavy (non-hydrogen) atoms. The van der Waals surface area contributed by atoms with Crippen LogP contribution in [0.5, 0.6) is 0 Å². The second-order valence-corrected chi connectivity index (χ2v) is 17.4. The average Bonchev–Trinajstić information content (AvgIpc) is 3.33. The molecule has 0 aliphatic carbocycles. The van der Waals surface area contributed by atoms with Gasteiger partial charge in [0.2, 0.25) is 0 Å². The smallest absolute Gasteiger partial charge is 0.306 e. The van der Waals surface area contributed by atoms with E-state index >= 15 is 0 Å². The van der Waals surface area contributed by atoms with Crippen LogP contribution in [0.15, 0.2) is 122 Å². The minimum absolute atomic E-state index is 0.111. The van der Waals surface area contributed by atoms with E-state index in [-0.39, 0.29) is 37.5 Å². The monoisotopic (exact) mass is 927 g/mol. The van der Waals surface area contributed by atoms with Crippen LogP contribution in [-0.2, 0) is 28.6 Å². The zero-order valence-electron chi connectivity index (χ0n) is 43.1. The first-order chi connectivity index (χ1) is 33.0. The molecule has 0 radical (unpaired) electrons. The molecule has 0 rings (SSSR count). The number of esters is 3. The van der Waals surface area contributed by atoms with Gasteiger partial charge in [0.25, 0.3) is 0 Å². The Morgan fingerprint density at radius 1 is 0.313 bits per heavy atom. The fourth-order valence-electron chi connectivity index (χ4n) is 6.92. The van der Waals surface area contributed by atoms with E-state index in [0.29, 0.717) is 19.3 Å². The number of hydrogen-bond donors (Lipinski definition) is 0. The molecule has 0 N–H and O–H groups in total. The molecule has 0 fully saturated rings. The number of carbonyl (C=O) groups excluding carboxylic acids is 3. The van der Waals surface area contributed by atoms with E-state index in [2.05, 4.69) is 142 Å². The third-order valence-electron chi connectivity index (χ3n) is 10.9. The minimum atomic E-state index is -0.817. The first kappa shape index (κ1) is 62.8. The number of carbonyl (C=O) groups is 3. The lowest BCUT2D eigenvalue weighted by atomic mass is 10.1. The Balaban J connectivity index is 4.46. The number of allylic oxidation sites excluding steroid dienone is 20. The van der Waals surface area contributed by atoms with Crippen LogP contribution >= 0.6 is 0 Å². The van der Waals surface area contributed by atoms with Gasteiger partial charge in [-0.1, -0.05) is 213 Å². The standard InChI is InChI=1S/C61H98O6/c1-4-7-10-13-16-19-22-24-26-28-29-30-31-33-34-36-39-42-45-48-51-54-60(63)66-57-58(56-65-59(62)53-50-47-44-41-38-21-18-15-12-9-6-3)67-61(64)55-52-49-46-43-40-37-35-32-27-25-23-20-17-14-11-8-5-2/h7-8,10-11,15-20,24-27,29-30,35,37,43,46,58H,4-6,9,12-14,21-23,28,31-34,36,38-42,44-45,47-57H2,1-3H3/b10-7-,11-8-,18-15-,19-16-,20-17-,26-24-,27-25-,30-29-,37-35-,46-43-. The van der Waals surface area contributed by atoms with Crippen LogP contribution in [0.4, 0.5) is 0 Å². The summed E-state index contributed by atoms with van der Waals surface area (Å²) in [6, 6.07) is 0. The van der Waals surface area contributed by atoms with E-state index in [1.807, 2.05) is 0 Å². The fraction of sp³-hybridized carbons (Fsp3) is 0.623. The van der Waals surface area contributed by atoms with Crippen LogP contribution in [0.25, 0.3) is 0 Å². The first-order valence-corrected chi connectivity index (χ1v) is 27.0. The summed E-state index contributed by atoms with van der Waals surface area (Å²) in [5.41, 5.74) is 0. The first-order valence-electron chi connectivity index (χ1n) is 27.0. The van der Waals surface area contributed by atoms with Gasteiger partial charge in [-0.05, 0) is 116 Å². The second-order valence-electron chi connectivity index (χ2n) is 17.4. The van der Waals surface area contributed by atoms with E-state index in [0.717, 1.165) is 122 Å². The molecule has 0 aromatic heterocycles. The lowest BCUT2D eigenvalue weighted by Crippen LogP contribution is -2.30. The van der Waals surface area contributed by atoms with Crippen LogP contribution in [0, 0.1) is 0 Å². The normalized spacial score (nSPS) is 13.1. The highest BCUT2D eigenvalue weighted by Crippen LogP contribution is 2.13. The molecular formula is C61H98O6. The maximum absolute atomic E-state index is 12.8. The molecule has 6 heteroatoms. The van der Waals surface area contributed by atoms with Gasteiger partial charge in [-0.3, -0.25) is 14.4 Å². The molecule has 1 atom stereocenters. The Hall–Kier alpha value is -4.19. The second kappa shape index (κ2) is 54.4. The van der Waals surface area contributed by atoms with Crippen molar-refractivity contribution in [3.63, 3.8) is 0 Å². The molecule has 0 saturated heterocycles. The number of ether oxygens (including phenoxy) is 3. The average molecular weight is 927 g/mol. The van der Waals surface area contributed by atoms with E-state index in [9.17, 15) is 14.4 Å². The van der Waals surface area contributed by atoms with Gasteiger partial charge in [-0.15, -0.1) is 0 Å². The summed E-state index contributed by atoms with van der Waals surface area (Å²) in [5.74, 6) is -0.993. The molecule has 0 aliphatic heterocycles. The molecule has 0 aromatic carbocycles. The van der Waals surface area contributed by atoms with Crippen molar-refractivity contribution in [3.05, 3.63) is 122 Å². The fourth-order valence-corrected chi connectivity index (χ4v) is 6.92. The van der Waals surface area contributed by atoms with Gasteiger partial charge >= 0.3 is 17.9 Å². The quantitative estimate of drug-likeness (QED) is 0.0262. The van der Waals surface area contributed by atoms with Crippen molar-refractivity contribution in [2.75, 3.05) is 13.2 Å². The maximum atomic E-state index is 12.8. The molecule has 0 bridgehead atoms. The number of hydrogen-bond acceptors (Lipinski definition) is 6. The van der Waals surface area contributed by atoms with Gasteiger partial charge in [0.05, 0.1) is 0 Å². The molecule has 0 saturated carbocycles. The molecular weight excluding hydrogens is 829 g/mol. The van der Waals surface area contributed by atoms with Crippen molar-refractivity contribution in [1.82, 2.24) is 0 Å². The molecule has 0 aromatic rings. The predicted molar refractivity (Wildman–Crippen MR) is 288 cm³/mol. The summed E-state index contributed by atoms with van der Waals surface area (Å²) < 4.78 is 16.7. The summed E-state index contributed by atoms with van der Waals surface area (Å²) in [6.07, 6.45) is 74.8. The topological polar surface area (TPSA) is 78.9 Å². The highest BCUT2D eigenvalue weighted by Gasteiger charge is 2.19. The van der Waals surface area contributed by atoms with Crippen LogP contribution in [-0.4, -0.2) is 37.2 Å². The summed E-state index contributed by atoms with van der Waals surface area (Å²) in [4.78, 5) is 38.0. The third-order valence-corrected chi connectivity index (χ3v) is 10.9. The van der Waals surface area contributed by atoms with Crippen LogP contribution < -0.4 is 0 Å². The summed E-state index contributed by atoms with van der Waals surface area (Å²) in [6.45, 7) is 6.30. The summed E-state index contributed by atoms with van der Waals surface area (Å²) >= 11 is 0. The maximum Gasteiger partial charge on any atom is 0.306 e. The van der Waals surface area contributed by atoms with Gasteiger partial charge in [0.15, 0.2) is 6.10 Å². The SMILES string of the molecule is CC/C=C\C/C=C\C/C=C\C/C=C\C/C=C\CCCC(=O)OC(COC(=O)CCCCCCC/C=C\CCCC)COC(=O)CCCCCCCCCC/C=C\C/C=C\C/C=C\C/C=C\CC. The Bertz CT molecular complexity index is 1440. The molecule has 0 heterocycles. The minimum Gasteiger partial charge on any atom is -0.462 e. The number of unbranched alkanes of at least 4 members (excludes halogenated alkanes) is 16. The van der Waals surface area contributed by atoms with Crippen LogP contribution in [0.3, 0.4) is 0 Å². The summed E-state index contributed by atoms with van der Waals surface area (Å²) in [5, 5.41) is 0. The van der Waals surface area contributed by atoms with E-state index in [4.69, 9.17) is 14.2 Å². The van der Waals surface area contributed by atoms with Crippen molar-refractivity contribution in [1.29, 1.82) is 0 Å². The van der Waals surface area contributed by atoms with Crippen molar-refractivity contribution in [2.45, 2.75) is 232 Å². The van der Waals surface area contributed by atoms with Gasteiger partial charge in [0.1, 0.15) is 13.2 Å². The molecule has 0 spiro atoms. The van der Waals surface area contributed by atoms with Gasteiger partial charge in [-0.2, -0.15) is 0 Å². The van der Waals surface area contributed by atoms with E-state index in [1.54, 1.807) is 0 Å². The lowest BCUT2D eigenvalue weighted by molar-refractivity contribution is -0.167. The zero-order chi connectivity index (χ0) is 48.6. The number of rotatable bonds is 47. The Labute approximate surface area is 412 Å². The molecule has 0 amide bonds. The van der Waals surface area contributed by atoms with Crippen molar-refractivity contribution < 1.29 is 28.6 Å². The largest absolute Gasteiger partial charge is 0.462 e. The van der Waals surface area contributed by atoms with Gasteiger partial charge in [-0.25, -0.2) is 0 Å². The molecule has 6 nitrogen and oxygen atoms in total. The van der Waals surface area contributed by atoms with Gasteiger partial charge in [0, 0.05) is 19.3 Å².